The van der Waals surface area contributed by atoms with E-state index in [-0.39, 0.29) is 11.2 Å². The Kier molecular flexibility index (Phi) is 4.01. The Morgan fingerprint density at radius 3 is 2.75 bits per heavy atom. The van der Waals surface area contributed by atoms with Crippen LogP contribution >= 0.6 is 11.8 Å². The van der Waals surface area contributed by atoms with Gasteiger partial charge in [-0.15, -0.1) is 0 Å². The molecule has 0 aliphatic carbocycles. The summed E-state index contributed by atoms with van der Waals surface area (Å²) < 4.78 is 0. The summed E-state index contributed by atoms with van der Waals surface area (Å²) in [7, 11) is 0. The number of aromatic amines is 1. The second-order valence-electron chi connectivity index (χ2n) is 3.91. The number of rotatable bonds is 4. The SMILES string of the molecule is Cc1cc(=O)[nH]c(Sc2cc(NN)cc([N+](=O)[O-])c2)n1. The molecule has 20 heavy (non-hydrogen) atoms. The second kappa shape index (κ2) is 5.72. The molecule has 0 saturated carbocycles. The molecule has 0 spiro atoms. The van der Waals surface area contributed by atoms with Gasteiger partial charge in [0.25, 0.3) is 11.2 Å². The third-order valence-electron chi connectivity index (χ3n) is 2.33. The van der Waals surface area contributed by atoms with Crippen LogP contribution in [-0.4, -0.2) is 14.9 Å². The maximum Gasteiger partial charge on any atom is 0.272 e. The van der Waals surface area contributed by atoms with Crippen LogP contribution in [0.3, 0.4) is 0 Å². The fourth-order valence-electron chi connectivity index (χ4n) is 1.54. The molecule has 0 unspecified atom stereocenters. The van der Waals surface area contributed by atoms with Crippen LogP contribution in [0.4, 0.5) is 11.4 Å². The van der Waals surface area contributed by atoms with Gasteiger partial charge in [0.1, 0.15) is 0 Å². The molecule has 0 aliphatic heterocycles. The van der Waals surface area contributed by atoms with Crippen molar-refractivity contribution in [2.75, 3.05) is 5.43 Å². The Morgan fingerprint density at radius 1 is 1.40 bits per heavy atom. The average molecular weight is 293 g/mol. The first-order valence-corrected chi connectivity index (χ1v) is 6.31. The molecule has 4 N–H and O–H groups in total. The lowest BCUT2D eigenvalue weighted by Crippen LogP contribution is -2.08. The van der Waals surface area contributed by atoms with E-state index in [1.54, 1.807) is 13.0 Å². The fourth-order valence-corrected chi connectivity index (χ4v) is 2.47. The molecule has 0 fully saturated rings. The van der Waals surface area contributed by atoms with E-state index in [9.17, 15) is 14.9 Å². The molecule has 9 heteroatoms. The number of nitrogens with two attached hydrogens (primary N) is 1. The summed E-state index contributed by atoms with van der Waals surface area (Å²) in [5.74, 6) is 5.27. The minimum absolute atomic E-state index is 0.0991. The first kappa shape index (κ1) is 14.0. The number of hydrazine groups is 1. The van der Waals surface area contributed by atoms with Gasteiger partial charge in [-0.2, -0.15) is 0 Å². The van der Waals surface area contributed by atoms with Crippen molar-refractivity contribution in [2.45, 2.75) is 17.0 Å². The van der Waals surface area contributed by atoms with Gasteiger partial charge < -0.3 is 10.4 Å². The molecule has 104 valence electrons. The van der Waals surface area contributed by atoms with E-state index in [4.69, 9.17) is 5.84 Å². The van der Waals surface area contributed by atoms with Crippen molar-refractivity contribution in [3.8, 4) is 0 Å². The lowest BCUT2D eigenvalue weighted by molar-refractivity contribution is -0.385. The van der Waals surface area contributed by atoms with E-state index in [1.165, 1.54) is 18.2 Å². The Morgan fingerprint density at radius 2 is 2.15 bits per heavy atom. The van der Waals surface area contributed by atoms with Crippen molar-refractivity contribution in [2.24, 2.45) is 5.84 Å². The first-order chi connectivity index (χ1) is 9.47. The number of nitrogens with zero attached hydrogens (tertiary/aromatic N) is 2. The zero-order chi connectivity index (χ0) is 14.7. The van der Waals surface area contributed by atoms with Crippen molar-refractivity contribution in [1.82, 2.24) is 9.97 Å². The Bertz CT molecular complexity index is 715. The van der Waals surface area contributed by atoms with Crippen LogP contribution in [0.5, 0.6) is 0 Å². The van der Waals surface area contributed by atoms with Crippen molar-refractivity contribution in [1.29, 1.82) is 0 Å². The smallest absolute Gasteiger partial charge is 0.272 e. The molecule has 0 aliphatic rings. The lowest BCUT2D eigenvalue weighted by Gasteiger charge is -2.05. The van der Waals surface area contributed by atoms with Gasteiger partial charge in [-0.1, -0.05) is 11.8 Å². The van der Waals surface area contributed by atoms with Crippen LogP contribution < -0.4 is 16.8 Å². The number of aryl methyl sites for hydroxylation is 1. The number of hydrogen-bond acceptors (Lipinski definition) is 7. The van der Waals surface area contributed by atoms with Gasteiger partial charge in [0, 0.05) is 28.8 Å². The topological polar surface area (TPSA) is 127 Å². The fraction of sp³-hybridized carbons (Fsp3) is 0.0909. The highest BCUT2D eigenvalue weighted by Gasteiger charge is 2.11. The normalized spacial score (nSPS) is 10.3. The van der Waals surface area contributed by atoms with Crippen LogP contribution in [-0.2, 0) is 0 Å². The quantitative estimate of drug-likeness (QED) is 0.336. The molecule has 1 aromatic heterocycles. The maximum absolute atomic E-state index is 11.4. The molecule has 2 rings (SSSR count). The Balaban J connectivity index is 2.39. The van der Waals surface area contributed by atoms with E-state index in [0.717, 1.165) is 11.8 Å². The van der Waals surface area contributed by atoms with E-state index >= 15 is 0 Å². The standard InChI is InChI=1S/C11H11N5O3S/c1-6-2-10(17)14-11(13-6)20-9-4-7(15-12)3-8(5-9)16(18)19/h2-5,15H,12H2,1H3,(H,13,14,17). The van der Waals surface area contributed by atoms with E-state index in [2.05, 4.69) is 15.4 Å². The van der Waals surface area contributed by atoms with Crippen molar-refractivity contribution >= 4 is 23.1 Å². The molecule has 1 aromatic carbocycles. The Hall–Kier alpha value is -2.39. The summed E-state index contributed by atoms with van der Waals surface area (Å²) in [6.07, 6.45) is 0. The predicted molar refractivity (Wildman–Crippen MR) is 74.6 cm³/mol. The molecular formula is C11H11N5O3S. The first-order valence-electron chi connectivity index (χ1n) is 5.50. The summed E-state index contributed by atoms with van der Waals surface area (Å²) in [6, 6.07) is 5.69. The van der Waals surface area contributed by atoms with Crippen molar-refractivity contribution in [3.63, 3.8) is 0 Å². The molecule has 8 nitrogen and oxygen atoms in total. The number of nitrogen functional groups attached to an aromatic ring is 1. The van der Waals surface area contributed by atoms with Gasteiger partial charge in [-0.25, -0.2) is 4.98 Å². The van der Waals surface area contributed by atoms with Gasteiger partial charge in [-0.05, 0) is 13.0 Å². The van der Waals surface area contributed by atoms with Crippen molar-refractivity contribution in [3.05, 3.63) is 50.4 Å². The average Bonchev–Trinajstić information content (AvgIpc) is 2.36. The maximum atomic E-state index is 11.4. The molecule has 0 radical (unpaired) electrons. The summed E-state index contributed by atoms with van der Waals surface area (Å²) in [6.45, 7) is 1.69. The molecule has 0 saturated heterocycles. The van der Waals surface area contributed by atoms with Gasteiger partial charge in [-0.3, -0.25) is 20.8 Å². The summed E-state index contributed by atoms with van der Waals surface area (Å²) in [5, 5.41) is 11.2. The lowest BCUT2D eigenvalue weighted by atomic mass is 10.3. The molecule has 0 bridgehead atoms. The van der Waals surface area contributed by atoms with E-state index in [1.807, 2.05) is 0 Å². The third-order valence-corrected chi connectivity index (χ3v) is 3.19. The number of nitro groups is 1. The number of benzene rings is 1. The summed E-state index contributed by atoms with van der Waals surface area (Å²) in [4.78, 5) is 28.9. The highest BCUT2D eigenvalue weighted by Crippen LogP contribution is 2.30. The van der Waals surface area contributed by atoms with Crippen LogP contribution in [0.15, 0.2) is 39.1 Å². The zero-order valence-corrected chi connectivity index (χ0v) is 11.2. The number of nitro benzene ring substituents is 1. The largest absolute Gasteiger partial charge is 0.324 e. The van der Waals surface area contributed by atoms with Crippen LogP contribution in [0.1, 0.15) is 5.69 Å². The molecule has 1 heterocycles. The molecule has 0 atom stereocenters. The van der Waals surface area contributed by atoms with Gasteiger partial charge >= 0.3 is 0 Å². The van der Waals surface area contributed by atoms with E-state index < -0.39 is 4.92 Å². The zero-order valence-electron chi connectivity index (χ0n) is 10.4. The summed E-state index contributed by atoms with van der Waals surface area (Å²) >= 11 is 1.11. The number of anilines is 1. The third kappa shape index (κ3) is 3.33. The predicted octanol–water partition coefficient (Wildman–Crippen LogP) is 1.42. The van der Waals surface area contributed by atoms with E-state index in [0.29, 0.717) is 21.4 Å². The molecular weight excluding hydrogens is 282 g/mol. The van der Waals surface area contributed by atoms with Gasteiger partial charge in [0.05, 0.1) is 10.6 Å². The van der Waals surface area contributed by atoms with Gasteiger partial charge in [0.15, 0.2) is 5.16 Å². The monoisotopic (exact) mass is 293 g/mol. The van der Waals surface area contributed by atoms with Crippen LogP contribution in [0.2, 0.25) is 0 Å². The molecule has 2 aromatic rings. The van der Waals surface area contributed by atoms with Crippen LogP contribution in [0.25, 0.3) is 0 Å². The minimum atomic E-state index is -0.517. The molecule has 0 amide bonds. The van der Waals surface area contributed by atoms with Crippen LogP contribution in [0, 0.1) is 17.0 Å². The summed E-state index contributed by atoms with van der Waals surface area (Å²) in [5.41, 5.74) is 2.95. The minimum Gasteiger partial charge on any atom is -0.324 e. The number of nitrogens with one attached hydrogen (secondary N) is 2. The number of non-ortho nitro benzene ring substituents is 1. The number of H-pyrrole nitrogens is 1. The highest BCUT2D eigenvalue weighted by molar-refractivity contribution is 7.99. The number of hydrogen-bond donors (Lipinski definition) is 3. The van der Waals surface area contributed by atoms with Gasteiger partial charge in [0.2, 0.25) is 0 Å². The highest BCUT2D eigenvalue weighted by atomic mass is 32.2. The Labute approximate surface area is 117 Å². The van der Waals surface area contributed by atoms with Crippen molar-refractivity contribution < 1.29 is 4.92 Å². The second-order valence-corrected chi connectivity index (χ2v) is 4.97. The number of aromatic nitrogens is 2.